The zero-order chi connectivity index (χ0) is 19.2. The van der Waals surface area contributed by atoms with Gasteiger partial charge < -0.3 is 4.74 Å². The van der Waals surface area contributed by atoms with Crippen LogP contribution in [0.5, 0.6) is 0 Å². The van der Waals surface area contributed by atoms with Crippen molar-refractivity contribution in [2.45, 2.75) is 76.2 Å². The van der Waals surface area contributed by atoms with Crippen LogP contribution in [0.2, 0.25) is 5.02 Å². The van der Waals surface area contributed by atoms with Gasteiger partial charge in [-0.25, -0.2) is 4.39 Å². The smallest absolute Gasteiger partial charge is 0.306 e. The predicted molar refractivity (Wildman–Crippen MR) is 107 cm³/mol. The highest BCUT2D eigenvalue weighted by atomic mass is 35.5. The van der Waals surface area contributed by atoms with E-state index in [1.165, 1.54) is 12.8 Å². The summed E-state index contributed by atoms with van der Waals surface area (Å²) < 4.78 is 19.3. The van der Waals surface area contributed by atoms with Crippen molar-refractivity contribution in [2.75, 3.05) is 0 Å². The minimum atomic E-state index is -0.308. The molecule has 0 bridgehead atoms. The third-order valence-corrected chi connectivity index (χ3v) is 6.73. The first-order valence-corrected chi connectivity index (χ1v) is 10.7. The van der Waals surface area contributed by atoms with E-state index < -0.39 is 0 Å². The fourth-order valence-corrected chi connectivity index (χ4v) is 4.95. The number of esters is 1. The maximum atomic E-state index is 13.7. The van der Waals surface area contributed by atoms with Crippen LogP contribution in [0.15, 0.2) is 30.9 Å². The zero-order valence-electron chi connectivity index (χ0n) is 16.0. The highest BCUT2D eigenvalue weighted by molar-refractivity contribution is 6.30. The molecule has 0 radical (unpaired) electrons. The van der Waals surface area contributed by atoms with Gasteiger partial charge in [-0.05, 0) is 93.2 Å². The first kappa shape index (κ1) is 20.4. The van der Waals surface area contributed by atoms with Gasteiger partial charge >= 0.3 is 5.97 Å². The van der Waals surface area contributed by atoms with E-state index in [9.17, 15) is 9.18 Å². The largest absolute Gasteiger partial charge is 0.462 e. The average Bonchev–Trinajstić information content (AvgIpc) is 2.69. The van der Waals surface area contributed by atoms with Crippen LogP contribution in [0.4, 0.5) is 4.39 Å². The molecular formula is C23H30ClFO2. The maximum Gasteiger partial charge on any atom is 0.306 e. The number of rotatable bonds is 6. The first-order chi connectivity index (χ1) is 13.1. The number of ether oxygens (including phenoxy) is 1. The van der Waals surface area contributed by atoms with Gasteiger partial charge in [-0.15, -0.1) is 6.58 Å². The monoisotopic (exact) mass is 392 g/mol. The molecule has 2 saturated carbocycles. The molecule has 2 fully saturated rings. The van der Waals surface area contributed by atoms with E-state index in [-0.39, 0.29) is 22.9 Å². The van der Waals surface area contributed by atoms with E-state index in [0.717, 1.165) is 55.9 Å². The lowest BCUT2D eigenvalue weighted by molar-refractivity contribution is -0.151. The first-order valence-electron chi connectivity index (χ1n) is 10.3. The van der Waals surface area contributed by atoms with Crippen LogP contribution >= 0.6 is 11.6 Å². The molecule has 27 heavy (non-hydrogen) atoms. The van der Waals surface area contributed by atoms with Crippen LogP contribution in [-0.4, -0.2) is 12.1 Å². The summed E-state index contributed by atoms with van der Waals surface area (Å²) in [6.45, 7) is 3.64. The van der Waals surface area contributed by atoms with Crippen LogP contribution in [0, 0.1) is 17.7 Å². The molecule has 148 valence electrons. The SMILES string of the molecule is C=CCCC(=O)OC1CCC(C2CCC(c3ccc(Cl)c(F)c3)CC2)CC1. The number of benzene rings is 1. The second kappa shape index (κ2) is 9.73. The second-order valence-electron chi connectivity index (χ2n) is 8.14. The Labute approximate surface area is 167 Å². The molecule has 1 aromatic carbocycles. The Bertz CT molecular complexity index is 644. The van der Waals surface area contributed by atoms with Gasteiger partial charge in [0.15, 0.2) is 0 Å². The van der Waals surface area contributed by atoms with Crippen molar-refractivity contribution in [1.82, 2.24) is 0 Å². The van der Waals surface area contributed by atoms with Gasteiger partial charge in [-0.1, -0.05) is 23.7 Å². The third-order valence-electron chi connectivity index (χ3n) is 6.42. The third kappa shape index (κ3) is 5.57. The zero-order valence-corrected chi connectivity index (χ0v) is 16.7. The number of hydrogen-bond acceptors (Lipinski definition) is 2. The van der Waals surface area contributed by atoms with Crippen molar-refractivity contribution in [1.29, 1.82) is 0 Å². The van der Waals surface area contributed by atoms with Crippen molar-refractivity contribution in [3.05, 3.63) is 47.3 Å². The minimum absolute atomic E-state index is 0.0888. The number of halogens is 2. The van der Waals surface area contributed by atoms with Gasteiger partial charge in [-0.2, -0.15) is 0 Å². The Morgan fingerprint density at radius 3 is 2.33 bits per heavy atom. The van der Waals surface area contributed by atoms with Crippen LogP contribution in [-0.2, 0) is 9.53 Å². The summed E-state index contributed by atoms with van der Waals surface area (Å²) in [6, 6.07) is 5.26. The predicted octanol–water partition coefficient (Wildman–Crippen LogP) is 6.82. The lowest BCUT2D eigenvalue weighted by atomic mass is 9.69. The maximum absolute atomic E-state index is 13.7. The fraction of sp³-hybridized carbons (Fsp3) is 0.609. The second-order valence-corrected chi connectivity index (χ2v) is 8.55. The van der Waals surface area contributed by atoms with E-state index in [0.29, 0.717) is 18.8 Å². The normalized spacial score (nSPS) is 28.5. The molecule has 0 saturated heterocycles. The Hall–Kier alpha value is -1.35. The molecule has 0 N–H and O–H groups in total. The Morgan fingerprint density at radius 1 is 1.11 bits per heavy atom. The number of hydrogen-bond donors (Lipinski definition) is 0. The molecule has 3 rings (SSSR count). The molecule has 0 spiro atoms. The van der Waals surface area contributed by atoms with E-state index in [2.05, 4.69) is 6.58 Å². The molecule has 4 heteroatoms. The number of carbonyl (C=O) groups excluding carboxylic acids is 1. The van der Waals surface area contributed by atoms with E-state index in [1.807, 2.05) is 6.07 Å². The molecule has 2 nitrogen and oxygen atoms in total. The topological polar surface area (TPSA) is 26.3 Å². The number of allylic oxidation sites excluding steroid dienone is 1. The van der Waals surface area contributed by atoms with E-state index in [4.69, 9.17) is 16.3 Å². The van der Waals surface area contributed by atoms with E-state index >= 15 is 0 Å². The summed E-state index contributed by atoms with van der Waals surface area (Å²) in [4.78, 5) is 11.8. The van der Waals surface area contributed by atoms with E-state index in [1.54, 1.807) is 18.2 Å². The molecule has 0 amide bonds. The lowest BCUT2D eigenvalue weighted by Gasteiger charge is -2.37. The Balaban J connectivity index is 1.42. The van der Waals surface area contributed by atoms with Crippen LogP contribution in [0.3, 0.4) is 0 Å². The molecule has 0 unspecified atom stereocenters. The summed E-state index contributed by atoms with van der Waals surface area (Å²) in [5.74, 6) is 1.56. The van der Waals surface area contributed by atoms with Gasteiger partial charge in [-0.3, -0.25) is 4.79 Å². The fourth-order valence-electron chi connectivity index (χ4n) is 4.83. The molecule has 1 aromatic rings. The van der Waals surface area contributed by atoms with Gasteiger partial charge in [0.05, 0.1) is 5.02 Å². The van der Waals surface area contributed by atoms with Crippen LogP contribution in [0.25, 0.3) is 0 Å². The molecule has 0 aliphatic heterocycles. The van der Waals surface area contributed by atoms with Gasteiger partial charge in [0.1, 0.15) is 11.9 Å². The summed E-state index contributed by atoms with van der Waals surface area (Å²) in [6.07, 6.45) is 12.0. The molecular weight excluding hydrogens is 363 g/mol. The average molecular weight is 393 g/mol. The lowest BCUT2D eigenvalue weighted by Crippen LogP contribution is -2.29. The summed E-state index contributed by atoms with van der Waals surface area (Å²) in [5.41, 5.74) is 1.09. The minimum Gasteiger partial charge on any atom is -0.462 e. The van der Waals surface area contributed by atoms with Crippen molar-refractivity contribution >= 4 is 17.6 Å². The molecule has 0 atom stereocenters. The van der Waals surface area contributed by atoms with Crippen LogP contribution in [0.1, 0.15) is 75.7 Å². The molecule has 0 aromatic heterocycles. The van der Waals surface area contributed by atoms with Crippen LogP contribution < -0.4 is 0 Å². The summed E-state index contributed by atoms with van der Waals surface area (Å²) in [5, 5.41) is 0.203. The quantitative estimate of drug-likeness (QED) is 0.392. The number of carbonyl (C=O) groups is 1. The van der Waals surface area contributed by atoms with Gasteiger partial charge in [0, 0.05) is 6.42 Å². The van der Waals surface area contributed by atoms with Crippen molar-refractivity contribution in [3.8, 4) is 0 Å². The molecule has 0 heterocycles. The molecule has 2 aliphatic rings. The summed E-state index contributed by atoms with van der Waals surface area (Å²) in [7, 11) is 0. The standard InChI is InChI=1S/C23H30ClFO2/c1-2-3-4-23(26)27-20-12-9-17(10-13-20)16-5-7-18(8-6-16)19-11-14-21(24)22(25)15-19/h2,11,14-18,20H,1,3-10,12-13H2. The molecule has 2 aliphatic carbocycles. The van der Waals surface area contributed by atoms with Crippen molar-refractivity contribution in [2.24, 2.45) is 11.8 Å². The van der Waals surface area contributed by atoms with Crippen molar-refractivity contribution < 1.29 is 13.9 Å². The highest BCUT2D eigenvalue weighted by Gasteiger charge is 2.32. The van der Waals surface area contributed by atoms with Gasteiger partial charge in [0.25, 0.3) is 0 Å². The van der Waals surface area contributed by atoms with Crippen molar-refractivity contribution in [3.63, 3.8) is 0 Å². The highest BCUT2D eigenvalue weighted by Crippen LogP contribution is 2.43. The Kier molecular flexibility index (Phi) is 7.34. The Morgan fingerprint density at radius 2 is 1.74 bits per heavy atom. The van der Waals surface area contributed by atoms with Gasteiger partial charge in [0.2, 0.25) is 0 Å². The summed E-state index contributed by atoms with van der Waals surface area (Å²) >= 11 is 5.80.